The van der Waals surface area contributed by atoms with Crippen molar-refractivity contribution in [3.63, 3.8) is 0 Å². The van der Waals surface area contributed by atoms with E-state index >= 15 is 0 Å². The average Bonchev–Trinajstić information content (AvgIpc) is 2.70. The molecular weight excluding hydrogens is 415 g/mol. The topological polar surface area (TPSA) is 74.3 Å². The number of halogens is 2. The molecule has 0 atom stereocenters. The molecule has 0 amide bonds. The quantitative estimate of drug-likeness (QED) is 0.469. The number of para-hydroxylation sites is 1. The Balaban J connectivity index is 0.00000272. The van der Waals surface area contributed by atoms with Gasteiger partial charge in [-0.3, -0.25) is 0 Å². The van der Waals surface area contributed by atoms with E-state index in [-0.39, 0.29) is 24.3 Å². The molecule has 160 valence electrons. The highest BCUT2D eigenvalue weighted by Gasteiger charge is 2.17. The molecule has 0 saturated heterocycles. The van der Waals surface area contributed by atoms with Gasteiger partial charge in [0.25, 0.3) is 0 Å². The lowest BCUT2D eigenvalue weighted by molar-refractivity contribution is -0.362. The number of nitrogen functional groups attached to an aromatic ring is 1. The molecule has 0 bridgehead atoms. The summed E-state index contributed by atoms with van der Waals surface area (Å²) in [6.45, 7) is 5.84. The molecule has 1 heterocycles. The van der Waals surface area contributed by atoms with Crippen LogP contribution in [-0.4, -0.2) is 11.1 Å². The molecule has 7 heteroatoms. The van der Waals surface area contributed by atoms with Crippen LogP contribution >= 0.6 is 0 Å². The number of aryl methyl sites for hydroxylation is 1. The molecule has 0 fully saturated rings. The molecule has 5 nitrogen and oxygen atoms in total. The van der Waals surface area contributed by atoms with E-state index in [4.69, 9.17) is 15.5 Å². The number of nitrogens with two attached hydrogens (primary N) is 1. The Hall–Kier alpha value is -3.38. The standard InChI is InChI=1S/C24H23FN4O.ClH/c1-14(2)30-22-11-17(25)8-10-19(22)20-6-4-5-16-13-27-24(29-23(16)20)28-21-12-18(26)9-7-15(21)3;/h4-14H,26H2,1-3H3,(H,27,28,29);1H. The minimum atomic E-state index is -0.338. The van der Waals surface area contributed by atoms with Crippen LogP contribution in [-0.2, 0) is 0 Å². The van der Waals surface area contributed by atoms with Gasteiger partial charge in [0, 0.05) is 34.3 Å². The van der Waals surface area contributed by atoms with Gasteiger partial charge in [0.15, 0.2) is 5.52 Å². The third kappa shape index (κ3) is 4.86. The summed E-state index contributed by atoms with van der Waals surface area (Å²) in [7, 11) is 0. The molecular formula is C24H24ClFN4O. The van der Waals surface area contributed by atoms with Crippen LogP contribution in [0.4, 0.5) is 21.7 Å². The van der Waals surface area contributed by atoms with E-state index in [1.807, 2.05) is 63.4 Å². The Morgan fingerprint density at radius 1 is 1.06 bits per heavy atom. The smallest absolute Gasteiger partial charge is 0.394 e. The molecule has 0 aliphatic carbocycles. The normalized spacial score (nSPS) is 10.7. The van der Waals surface area contributed by atoms with Crippen LogP contribution in [0, 0.1) is 12.7 Å². The van der Waals surface area contributed by atoms with Gasteiger partial charge in [0.1, 0.15) is 17.3 Å². The number of aromatic nitrogens is 2. The monoisotopic (exact) mass is 438 g/mol. The second kappa shape index (κ2) is 9.18. The van der Waals surface area contributed by atoms with Crippen molar-refractivity contribution < 1.29 is 26.5 Å². The third-order valence-electron chi connectivity index (χ3n) is 4.77. The number of nitrogens with zero attached hydrogens (tertiary/aromatic N) is 1. The highest BCUT2D eigenvalue weighted by atomic mass is 35.5. The van der Waals surface area contributed by atoms with Crippen molar-refractivity contribution in [2.24, 2.45) is 0 Å². The number of anilines is 3. The van der Waals surface area contributed by atoms with E-state index < -0.39 is 0 Å². The Labute approximate surface area is 186 Å². The number of nitrogens with one attached hydrogen (secondary N) is 2. The molecule has 0 spiro atoms. The molecule has 4 N–H and O–H groups in total. The summed E-state index contributed by atoms with van der Waals surface area (Å²) in [5, 5.41) is 4.23. The summed E-state index contributed by atoms with van der Waals surface area (Å²) in [6.07, 6.45) is 1.81. The zero-order valence-electron chi connectivity index (χ0n) is 17.5. The van der Waals surface area contributed by atoms with Gasteiger partial charge in [0.05, 0.1) is 12.3 Å². The number of benzene rings is 3. The number of rotatable bonds is 5. The van der Waals surface area contributed by atoms with Gasteiger partial charge in [0.2, 0.25) is 0 Å². The molecule has 0 unspecified atom stereocenters. The van der Waals surface area contributed by atoms with E-state index in [1.54, 1.807) is 6.07 Å². The van der Waals surface area contributed by atoms with Crippen molar-refractivity contribution in [2.75, 3.05) is 11.1 Å². The average molecular weight is 439 g/mol. The van der Waals surface area contributed by atoms with E-state index in [2.05, 4.69) is 10.3 Å². The first-order valence-corrected chi connectivity index (χ1v) is 9.82. The largest absolute Gasteiger partial charge is 1.00 e. The zero-order chi connectivity index (χ0) is 21.3. The number of H-pyrrole nitrogens is 1. The maximum atomic E-state index is 13.9. The first-order valence-electron chi connectivity index (χ1n) is 9.82. The summed E-state index contributed by atoms with van der Waals surface area (Å²) in [5.74, 6) is 0.737. The predicted octanol–water partition coefficient (Wildman–Crippen LogP) is 2.28. The fourth-order valence-electron chi connectivity index (χ4n) is 3.35. The van der Waals surface area contributed by atoms with Crippen molar-refractivity contribution in [3.05, 3.63) is 72.2 Å². The molecule has 31 heavy (non-hydrogen) atoms. The van der Waals surface area contributed by atoms with Gasteiger partial charge in [-0.1, -0.05) is 23.2 Å². The second-order valence-electron chi connectivity index (χ2n) is 7.50. The van der Waals surface area contributed by atoms with Crippen molar-refractivity contribution >= 4 is 28.2 Å². The molecule has 0 aliphatic heterocycles. The van der Waals surface area contributed by atoms with Crippen molar-refractivity contribution in [2.45, 2.75) is 26.9 Å². The van der Waals surface area contributed by atoms with E-state index in [1.165, 1.54) is 12.1 Å². The fourth-order valence-corrected chi connectivity index (χ4v) is 3.35. The lowest BCUT2D eigenvalue weighted by atomic mass is 10.0. The summed E-state index contributed by atoms with van der Waals surface area (Å²) >= 11 is 0. The van der Waals surface area contributed by atoms with Gasteiger partial charge in [-0.15, -0.1) is 0 Å². The van der Waals surface area contributed by atoms with Crippen LogP contribution < -0.4 is 33.2 Å². The van der Waals surface area contributed by atoms with Crippen LogP contribution in [0.25, 0.3) is 22.0 Å². The Morgan fingerprint density at radius 2 is 1.87 bits per heavy atom. The summed E-state index contributed by atoms with van der Waals surface area (Å²) in [6, 6.07) is 16.2. The lowest BCUT2D eigenvalue weighted by Gasteiger charge is -2.15. The van der Waals surface area contributed by atoms with Crippen molar-refractivity contribution in [1.29, 1.82) is 0 Å². The highest BCUT2D eigenvalue weighted by molar-refractivity contribution is 5.95. The van der Waals surface area contributed by atoms with Crippen LogP contribution in [0.1, 0.15) is 19.4 Å². The number of hydrogen-bond acceptors (Lipinski definition) is 4. The molecule has 3 aromatic carbocycles. The van der Waals surface area contributed by atoms with Crippen LogP contribution in [0.2, 0.25) is 0 Å². The number of hydrogen-bond donors (Lipinski definition) is 2. The SMILES string of the molecule is Cc1ccc(N)cc1Nc1nc2c(-c3ccc(F)cc3OC(C)C)cccc2c[nH+]1.[Cl-]. The number of fused-ring (bicyclic) bond motifs is 1. The Kier molecular flexibility index (Phi) is 6.61. The van der Waals surface area contributed by atoms with Crippen LogP contribution in [0.3, 0.4) is 0 Å². The van der Waals surface area contributed by atoms with Crippen LogP contribution in [0.15, 0.2) is 60.8 Å². The molecule has 4 rings (SSSR count). The third-order valence-corrected chi connectivity index (χ3v) is 4.77. The molecule has 4 aromatic rings. The van der Waals surface area contributed by atoms with Gasteiger partial charge >= 0.3 is 5.95 Å². The zero-order valence-corrected chi connectivity index (χ0v) is 18.3. The first kappa shape index (κ1) is 22.3. The summed E-state index contributed by atoms with van der Waals surface area (Å²) < 4.78 is 19.8. The van der Waals surface area contributed by atoms with Gasteiger partial charge < -0.3 is 22.9 Å². The maximum Gasteiger partial charge on any atom is 0.394 e. The summed E-state index contributed by atoms with van der Waals surface area (Å²) in [5.41, 5.74) is 11.0. The molecule has 1 aromatic heterocycles. The van der Waals surface area contributed by atoms with Gasteiger partial charge in [-0.05, 0) is 50.6 Å². The van der Waals surface area contributed by atoms with E-state index in [9.17, 15) is 4.39 Å². The minimum absolute atomic E-state index is 0. The molecule has 0 aliphatic rings. The van der Waals surface area contributed by atoms with E-state index in [0.717, 1.165) is 33.3 Å². The summed E-state index contributed by atoms with van der Waals surface area (Å²) in [4.78, 5) is 7.99. The van der Waals surface area contributed by atoms with Gasteiger partial charge in [-0.25, -0.2) is 14.7 Å². The van der Waals surface area contributed by atoms with E-state index in [0.29, 0.717) is 17.4 Å². The lowest BCUT2D eigenvalue weighted by Crippen LogP contribution is -3.00. The highest BCUT2D eigenvalue weighted by Crippen LogP contribution is 2.35. The molecule has 0 radical (unpaired) electrons. The first-order chi connectivity index (χ1) is 14.4. The number of aromatic amines is 1. The van der Waals surface area contributed by atoms with Crippen LogP contribution in [0.5, 0.6) is 5.75 Å². The van der Waals surface area contributed by atoms with Crippen molar-refractivity contribution in [3.8, 4) is 16.9 Å². The second-order valence-corrected chi connectivity index (χ2v) is 7.50. The fraction of sp³-hybridized carbons (Fsp3) is 0.167. The van der Waals surface area contributed by atoms with Gasteiger partial charge in [-0.2, -0.15) is 0 Å². The maximum absolute atomic E-state index is 13.9. The predicted molar refractivity (Wildman–Crippen MR) is 118 cm³/mol. The molecule has 0 saturated carbocycles. The Bertz CT molecular complexity index is 1230. The van der Waals surface area contributed by atoms with Crippen molar-refractivity contribution in [1.82, 2.24) is 4.98 Å². The Morgan fingerprint density at radius 3 is 2.65 bits per heavy atom. The minimum Gasteiger partial charge on any atom is -1.00 e. The number of ether oxygens (including phenoxy) is 1.